The molecule has 0 atom stereocenters. The summed E-state index contributed by atoms with van der Waals surface area (Å²) in [7, 11) is 0. The molecule has 0 amide bonds. The van der Waals surface area contributed by atoms with Gasteiger partial charge in [-0.15, -0.1) is 0 Å². The van der Waals surface area contributed by atoms with Crippen molar-refractivity contribution in [2.24, 2.45) is 23.2 Å². The van der Waals surface area contributed by atoms with Crippen LogP contribution in [-0.2, 0) is 0 Å². The van der Waals surface area contributed by atoms with Crippen molar-refractivity contribution in [3.8, 4) is 0 Å². The molecule has 0 radical (unpaired) electrons. The Labute approximate surface area is 129 Å². The van der Waals surface area contributed by atoms with E-state index in [9.17, 15) is 0 Å². The van der Waals surface area contributed by atoms with Gasteiger partial charge < -0.3 is 0 Å². The van der Waals surface area contributed by atoms with Crippen molar-refractivity contribution in [3.05, 3.63) is 0 Å². The second kappa shape index (κ2) is 9.11. The van der Waals surface area contributed by atoms with Crippen molar-refractivity contribution >= 4 is 0 Å². The van der Waals surface area contributed by atoms with Gasteiger partial charge >= 0.3 is 0 Å². The molecule has 0 aliphatic heterocycles. The largest absolute Gasteiger partial charge is 0.0654 e. The third-order valence-electron chi connectivity index (χ3n) is 6.23. The molecule has 0 bridgehead atoms. The number of unbranched alkanes of at least 4 members (excludes halogenated alkanes) is 1. The molecule has 0 unspecified atom stereocenters. The average molecular weight is 281 g/mol. The molecular formula is C20H40. The lowest BCUT2D eigenvalue weighted by Crippen LogP contribution is -2.35. The highest BCUT2D eigenvalue weighted by Gasteiger charge is 2.38. The summed E-state index contributed by atoms with van der Waals surface area (Å²) in [6.45, 7) is 11.9. The van der Waals surface area contributed by atoms with E-state index in [2.05, 4.69) is 34.6 Å². The molecule has 2 fully saturated rings. The van der Waals surface area contributed by atoms with Gasteiger partial charge in [-0.3, -0.25) is 0 Å². The molecule has 0 saturated heterocycles. The van der Waals surface area contributed by atoms with E-state index in [4.69, 9.17) is 0 Å². The Morgan fingerprint density at radius 3 is 1.60 bits per heavy atom. The van der Waals surface area contributed by atoms with Gasteiger partial charge in [0.15, 0.2) is 0 Å². The van der Waals surface area contributed by atoms with Gasteiger partial charge in [0.1, 0.15) is 0 Å². The lowest BCUT2D eigenvalue weighted by molar-refractivity contribution is 0.0500. The Kier molecular flexibility index (Phi) is 8.22. The van der Waals surface area contributed by atoms with E-state index in [-0.39, 0.29) is 0 Å². The molecule has 0 spiro atoms. The average Bonchev–Trinajstić information content (AvgIpc) is 2.49. The minimum absolute atomic E-state index is 0.626. The SMILES string of the molecule is CC1CCC(C(C)(C)C2CCCCC2)CC1.CCCC. The smallest absolute Gasteiger partial charge is 0.0298 e. The Morgan fingerprint density at radius 2 is 1.15 bits per heavy atom. The first-order chi connectivity index (χ1) is 9.52. The Bertz CT molecular complexity index is 224. The second-order valence-corrected chi connectivity index (χ2v) is 8.11. The highest BCUT2D eigenvalue weighted by molar-refractivity contribution is 4.88. The fraction of sp³-hybridized carbons (Fsp3) is 1.00. The molecule has 0 N–H and O–H groups in total. The van der Waals surface area contributed by atoms with Crippen molar-refractivity contribution in [2.75, 3.05) is 0 Å². The molecule has 0 aromatic heterocycles. The van der Waals surface area contributed by atoms with Gasteiger partial charge in [0, 0.05) is 0 Å². The predicted octanol–water partition coefficient (Wildman–Crippen LogP) is 7.23. The zero-order valence-electron chi connectivity index (χ0n) is 15.0. The van der Waals surface area contributed by atoms with Gasteiger partial charge in [-0.2, -0.15) is 0 Å². The summed E-state index contributed by atoms with van der Waals surface area (Å²) in [6, 6.07) is 0. The summed E-state index contributed by atoms with van der Waals surface area (Å²) in [5.74, 6) is 3.05. The van der Waals surface area contributed by atoms with E-state index in [0.29, 0.717) is 5.41 Å². The van der Waals surface area contributed by atoms with E-state index in [1.807, 2.05) is 0 Å². The Morgan fingerprint density at radius 1 is 0.700 bits per heavy atom. The van der Waals surface area contributed by atoms with Crippen molar-refractivity contribution < 1.29 is 0 Å². The Balaban J connectivity index is 0.000000444. The van der Waals surface area contributed by atoms with Gasteiger partial charge in [-0.1, -0.05) is 79.6 Å². The molecule has 20 heavy (non-hydrogen) atoms. The van der Waals surface area contributed by atoms with Gasteiger partial charge in [0.2, 0.25) is 0 Å². The van der Waals surface area contributed by atoms with Crippen LogP contribution < -0.4 is 0 Å². The van der Waals surface area contributed by atoms with Gasteiger partial charge in [-0.25, -0.2) is 0 Å². The molecule has 0 nitrogen and oxygen atoms in total. The van der Waals surface area contributed by atoms with Gasteiger partial charge in [-0.05, 0) is 48.9 Å². The molecule has 0 aromatic carbocycles. The molecule has 2 saturated carbocycles. The molecule has 120 valence electrons. The third-order valence-corrected chi connectivity index (χ3v) is 6.23. The first-order valence-electron chi connectivity index (χ1n) is 9.52. The number of rotatable bonds is 3. The van der Waals surface area contributed by atoms with Gasteiger partial charge in [0.25, 0.3) is 0 Å². The molecule has 2 aliphatic carbocycles. The minimum Gasteiger partial charge on any atom is -0.0654 e. The van der Waals surface area contributed by atoms with E-state index >= 15 is 0 Å². The highest BCUT2D eigenvalue weighted by atomic mass is 14.4. The van der Waals surface area contributed by atoms with E-state index in [1.165, 1.54) is 70.6 Å². The maximum absolute atomic E-state index is 2.57. The molecule has 2 aliphatic rings. The van der Waals surface area contributed by atoms with Crippen LogP contribution in [0.25, 0.3) is 0 Å². The molecule has 0 heteroatoms. The van der Waals surface area contributed by atoms with Crippen LogP contribution in [0.15, 0.2) is 0 Å². The summed E-state index contributed by atoms with van der Waals surface area (Å²) in [5.41, 5.74) is 0.626. The zero-order chi connectivity index (χ0) is 15.0. The fourth-order valence-electron chi connectivity index (χ4n) is 4.18. The predicted molar refractivity (Wildman–Crippen MR) is 92.1 cm³/mol. The standard InChI is InChI=1S/C16H30.C4H10/c1-13-9-11-15(12-10-13)16(2,3)14-7-5-4-6-8-14;1-3-4-2/h13-15H,4-12H2,1-3H3;3-4H2,1-2H3. The lowest BCUT2D eigenvalue weighted by atomic mass is 9.60. The van der Waals surface area contributed by atoms with E-state index < -0.39 is 0 Å². The van der Waals surface area contributed by atoms with Gasteiger partial charge in [0.05, 0.1) is 0 Å². The van der Waals surface area contributed by atoms with Crippen LogP contribution in [0, 0.1) is 23.2 Å². The van der Waals surface area contributed by atoms with Crippen molar-refractivity contribution in [1.82, 2.24) is 0 Å². The molecule has 0 aromatic rings. The molecule has 0 heterocycles. The fourth-order valence-corrected chi connectivity index (χ4v) is 4.18. The van der Waals surface area contributed by atoms with Crippen molar-refractivity contribution in [1.29, 1.82) is 0 Å². The second-order valence-electron chi connectivity index (χ2n) is 8.11. The van der Waals surface area contributed by atoms with Crippen LogP contribution in [0.4, 0.5) is 0 Å². The maximum Gasteiger partial charge on any atom is -0.0298 e. The van der Waals surface area contributed by atoms with Crippen molar-refractivity contribution in [2.45, 2.75) is 105 Å². The highest BCUT2D eigenvalue weighted by Crippen LogP contribution is 2.48. The van der Waals surface area contributed by atoms with E-state index in [1.54, 1.807) is 0 Å². The molecule has 2 rings (SSSR count). The summed E-state index contributed by atoms with van der Waals surface area (Å²) >= 11 is 0. The summed E-state index contributed by atoms with van der Waals surface area (Å²) < 4.78 is 0. The number of hydrogen-bond acceptors (Lipinski definition) is 0. The van der Waals surface area contributed by atoms with Crippen LogP contribution in [0.3, 0.4) is 0 Å². The minimum atomic E-state index is 0.626. The van der Waals surface area contributed by atoms with Crippen LogP contribution in [0.5, 0.6) is 0 Å². The summed E-state index contributed by atoms with van der Waals surface area (Å²) in [6.07, 6.45) is 16.1. The lowest BCUT2D eigenvalue weighted by Gasteiger charge is -2.45. The quantitative estimate of drug-likeness (QED) is 0.511. The van der Waals surface area contributed by atoms with Crippen LogP contribution in [0.1, 0.15) is 105 Å². The zero-order valence-corrected chi connectivity index (χ0v) is 15.0. The summed E-state index contributed by atoms with van der Waals surface area (Å²) in [5, 5.41) is 0. The Hall–Kier alpha value is 0. The van der Waals surface area contributed by atoms with Crippen LogP contribution >= 0.6 is 0 Å². The molecular weight excluding hydrogens is 240 g/mol. The summed E-state index contributed by atoms with van der Waals surface area (Å²) in [4.78, 5) is 0. The normalized spacial score (nSPS) is 28.6. The monoisotopic (exact) mass is 280 g/mol. The van der Waals surface area contributed by atoms with Crippen molar-refractivity contribution in [3.63, 3.8) is 0 Å². The first kappa shape index (κ1) is 18.1. The third kappa shape index (κ3) is 5.41. The van der Waals surface area contributed by atoms with Crippen LogP contribution in [0.2, 0.25) is 0 Å². The first-order valence-corrected chi connectivity index (χ1v) is 9.52. The number of hydrogen-bond donors (Lipinski definition) is 0. The topological polar surface area (TPSA) is 0 Å². The van der Waals surface area contributed by atoms with Crippen LogP contribution in [-0.4, -0.2) is 0 Å². The van der Waals surface area contributed by atoms with E-state index in [0.717, 1.165) is 17.8 Å². The maximum atomic E-state index is 2.57.